The molecular weight excluding hydrogens is 196 g/mol. The molecule has 72 valence electrons. The Kier molecular flexibility index (Phi) is 3.39. The van der Waals surface area contributed by atoms with Crippen LogP contribution in [0.15, 0.2) is 0 Å². The summed E-state index contributed by atoms with van der Waals surface area (Å²) >= 11 is 1.82. The Morgan fingerprint density at radius 2 is 2.33 bits per heavy atom. The fourth-order valence-electron chi connectivity index (χ4n) is 1.17. The van der Waals surface area contributed by atoms with Crippen molar-refractivity contribution in [2.75, 3.05) is 18.8 Å². The van der Waals surface area contributed by atoms with Crippen LogP contribution in [0.5, 0.6) is 0 Å². The van der Waals surface area contributed by atoms with Gasteiger partial charge in [0, 0.05) is 24.1 Å². The van der Waals surface area contributed by atoms with Gasteiger partial charge in [-0.1, -0.05) is 6.92 Å². The molecule has 0 aromatic heterocycles. The van der Waals surface area contributed by atoms with E-state index in [1.165, 1.54) is 4.31 Å². The average molecular weight is 210 g/mol. The number of rotatable bonds is 2. The second kappa shape index (κ2) is 3.95. The normalized spacial score (nSPS) is 27.3. The first-order chi connectivity index (χ1) is 5.54. The Hall–Kier alpha value is 0.220. The van der Waals surface area contributed by atoms with Crippen LogP contribution in [-0.2, 0) is 10.2 Å². The summed E-state index contributed by atoms with van der Waals surface area (Å²) in [5.74, 6) is 0.856. The Labute approximate surface area is 77.7 Å². The minimum atomic E-state index is -3.45. The van der Waals surface area contributed by atoms with Crippen molar-refractivity contribution in [3.05, 3.63) is 0 Å². The van der Waals surface area contributed by atoms with E-state index in [4.69, 9.17) is 5.14 Å². The second-order valence-corrected chi connectivity index (χ2v) is 5.76. The lowest BCUT2D eigenvalue weighted by molar-refractivity contribution is 0.417. The van der Waals surface area contributed by atoms with Crippen LogP contribution in [0.4, 0.5) is 0 Å². The van der Waals surface area contributed by atoms with Crippen molar-refractivity contribution in [1.29, 1.82) is 0 Å². The van der Waals surface area contributed by atoms with E-state index in [2.05, 4.69) is 6.92 Å². The lowest BCUT2D eigenvalue weighted by atomic mass is 10.3. The summed E-state index contributed by atoms with van der Waals surface area (Å²) in [5.41, 5.74) is 0. The molecular formula is C6H14N2O2S2. The van der Waals surface area contributed by atoms with Crippen molar-refractivity contribution in [3.63, 3.8) is 0 Å². The Balaban J connectivity index is 2.58. The number of hydrogen-bond donors (Lipinski definition) is 1. The van der Waals surface area contributed by atoms with Crippen LogP contribution in [0.2, 0.25) is 0 Å². The van der Waals surface area contributed by atoms with Gasteiger partial charge in [0.15, 0.2) is 0 Å². The van der Waals surface area contributed by atoms with Gasteiger partial charge in [0.1, 0.15) is 0 Å². The van der Waals surface area contributed by atoms with Crippen LogP contribution in [0.25, 0.3) is 0 Å². The molecule has 0 spiro atoms. The van der Waals surface area contributed by atoms with Crippen LogP contribution >= 0.6 is 11.8 Å². The van der Waals surface area contributed by atoms with Crippen LogP contribution in [-0.4, -0.2) is 36.8 Å². The van der Waals surface area contributed by atoms with Crippen LogP contribution in [0, 0.1) is 0 Å². The van der Waals surface area contributed by atoms with Gasteiger partial charge in [0.25, 0.3) is 10.2 Å². The largest absolute Gasteiger partial charge is 0.276 e. The van der Waals surface area contributed by atoms with E-state index >= 15 is 0 Å². The summed E-state index contributed by atoms with van der Waals surface area (Å²) in [6.45, 7) is 3.18. The van der Waals surface area contributed by atoms with Gasteiger partial charge in [0.2, 0.25) is 0 Å². The first-order valence-corrected chi connectivity index (χ1v) is 6.48. The van der Waals surface area contributed by atoms with Crippen molar-refractivity contribution in [2.45, 2.75) is 18.6 Å². The molecule has 4 nitrogen and oxygen atoms in total. The van der Waals surface area contributed by atoms with E-state index in [-0.39, 0.29) is 0 Å². The lowest BCUT2D eigenvalue weighted by Gasteiger charge is -2.29. The molecule has 0 aromatic carbocycles. The summed E-state index contributed by atoms with van der Waals surface area (Å²) in [5, 5.41) is 5.43. The van der Waals surface area contributed by atoms with Gasteiger partial charge >= 0.3 is 0 Å². The van der Waals surface area contributed by atoms with E-state index in [1.807, 2.05) is 11.8 Å². The highest BCUT2D eigenvalue weighted by molar-refractivity contribution is 8.00. The third-order valence-corrected chi connectivity index (χ3v) is 4.34. The maximum Gasteiger partial charge on any atom is 0.276 e. The lowest BCUT2D eigenvalue weighted by Crippen LogP contribution is -2.44. The smallest absolute Gasteiger partial charge is 0.216 e. The van der Waals surface area contributed by atoms with Gasteiger partial charge in [-0.3, -0.25) is 0 Å². The predicted octanol–water partition coefficient (Wildman–Crippen LogP) is 0.0173. The molecule has 2 N–H and O–H groups in total. The fraction of sp³-hybridized carbons (Fsp3) is 1.00. The molecule has 1 fully saturated rings. The van der Waals surface area contributed by atoms with E-state index in [1.54, 1.807) is 0 Å². The second-order valence-electron chi connectivity index (χ2n) is 2.80. The zero-order valence-electron chi connectivity index (χ0n) is 7.06. The van der Waals surface area contributed by atoms with Gasteiger partial charge in [-0.05, 0) is 6.42 Å². The minimum Gasteiger partial charge on any atom is -0.216 e. The van der Waals surface area contributed by atoms with Gasteiger partial charge in [-0.15, -0.1) is 0 Å². The molecule has 12 heavy (non-hydrogen) atoms. The number of thioether (sulfide) groups is 1. The van der Waals surface area contributed by atoms with Crippen molar-refractivity contribution in [3.8, 4) is 0 Å². The molecule has 0 bridgehead atoms. The SMILES string of the molecule is CCC1CN(S(N)(=O)=O)CCS1. The first kappa shape index (κ1) is 10.3. The molecule has 1 heterocycles. The van der Waals surface area contributed by atoms with Crippen LogP contribution < -0.4 is 5.14 Å². The molecule has 6 heteroatoms. The molecule has 0 amide bonds. The molecule has 0 aliphatic carbocycles. The molecule has 1 rings (SSSR count). The molecule has 1 aliphatic rings. The Morgan fingerprint density at radius 3 is 2.83 bits per heavy atom. The van der Waals surface area contributed by atoms with E-state index in [0.717, 1.165) is 12.2 Å². The van der Waals surface area contributed by atoms with E-state index < -0.39 is 10.2 Å². The van der Waals surface area contributed by atoms with E-state index in [9.17, 15) is 8.42 Å². The highest BCUT2D eigenvalue weighted by atomic mass is 32.2. The molecule has 0 aromatic rings. The highest BCUT2D eigenvalue weighted by Crippen LogP contribution is 2.21. The van der Waals surface area contributed by atoms with Crippen LogP contribution in [0.1, 0.15) is 13.3 Å². The molecule has 0 saturated carbocycles. The standard InChI is InChI=1S/C6H14N2O2S2/c1-2-6-5-8(3-4-11-6)12(7,9)10/h6H,2-5H2,1H3,(H2,7,9,10). The highest BCUT2D eigenvalue weighted by Gasteiger charge is 2.25. The van der Waals surface area contributed by atoms with Gasteiger partial charge < -0.3 is 0 Å². The maximum atomic E-state index is 10.9. The zero-order chi connectivity index (χ0) is 9.19. The quantitative estimate of drug-likeness (QED) is 0.698. The third-order valence-electron chi connectivity index (χ3n) is 1.92. The summed E-state index contributed by atoms with van der Waals surface area (Å²) in [6, 6.07) is 0. The predicted molar refractivity (Wildman–Crippen MR) is 51.2 cm³/mol. The molecule has 0 radical (unpaired) electrons. The summed E-state index contributed by atoms with van der Waals surface area (Å²) in [6.07, 6.45) is 0.997. The van der Waals surface area contributed by atoms with Gasteiger partial charge in [0.05, 0.1) is 0 Å². The molecule has 1 atom stereocenters. The summed E-state index contributed by atoms with van der Waals surface area (Å²) < 4.78 is 23.2. The first-order valence-electron chi connectivity index (χ1n) is 3.93. The van der Waals surface area contributed by atoms with Crippen molar-refractivity contribution in [2.24, 2.45) is 5.14 Å². The zero-order valence-corrected chi connectivity index (χ0v) is 8.70. The maximum absolute atomic E-state index is 10.9. The van der Waals surface area contributed by atoms with Crippen molar-refractivity contribution < 1.29 is 8.42 Å². The number of hydrogen-bond acceptors (Lipinski definition) is 3. The summed E-state index contributed by atoms with van der Waals surface area (Å²) in [4.78, 5) is 0. The number of nitrogens with two attached hydrogens (primary N) is 1. The summed E-state index contributed by atoms with van der Waals surface area (Å²) in [7, 11) is -3.45. The van der Waals surface area contributed by atoms with Gasteiger partial charge in [-0.2, -0.15) is 24.5 Å². The van der Waals surface area contributed by atoms with Crippen molar-refractivity contribution in [1.82, 2.24) is 4.31 Å². The number of nitrogens with zero attached hydrogens (tertiary/aromatic N) is 1. The third kappa shape index (κ3) is 2.62. The molecule has 1 aliphatic heterocycles. The minimum absolute atomic E-state index is 0.414. The average Bonchev–Trinajstić information content (AvgIpc) is 2.03. The monoisotopic (exact) mass is 210 g/mol. The molecule has 1 saturated heterocycles. The Morgan fingerprint density at radius 1 is 1.67 bits per heavy atom. The topological polar surface area (TPSA) is 63.4 Å². The van der Waals surface area contributed by atoms with Gasteiger partial charge in [-0.25, -0.2) is 5.14 Å². The Bertz CT molecular complexity index is 240. The fourth-order valence-corrected chi connectivity index (χ4v) is 3.29. The van der Waals surface area contributed by atoms with Crippen LogP contribution in [0.3, 0.4) is 0 Å². The van der Waals surface area contributed by atoms with E-state index in [0.29, 0.717) is 18.3 Å². The molecule has 1 unspecified atom stereocenters. The van der Waals surface area contributed by atoms with Crippen molar-refractivity contribution >= 4 is 22.0 Å².